The van der Waals surface area contributed by atoms with Gasteiger partial charge in [0.2, 0.25) is 17.7 Å². The van der Waals surface area contributed by atoms with Gasteiger partial charge in [0.15, 0.2) is 0 Å². The Kier molecular flexibility index (Phi) is 8.32. The zero-order valence-corrected chi connectivity index (χ0v) is 23.1. The maximum Gasteiger partial charge on any atom is 0.245 e. The fraction of sp³-hybridized carbons (Fsp3) is 0.536. The number of nitrogens with zero attached hydrogens (tertiary/aromatic N) is 2. The van der Waals surface area contributed by atoms with E-state index in [2.05, 4.69) is 15.6 Å². The summed E-state index contributed by atoms with van der Waals surface area (Å²) in [4.78, 5) is 57.9. The largest absolute Gasteiger partial charge is 0.391 e. The Labute approximate surface area is 227 Å². The number of aryl methyl sites for hydroxylation is 1. The summed E-state index contributed by atoms with van der Waals surface area (Å²) < 4.78 is 0. The van der Waals surface area contributed by atoms with E-state index in [-0.39, 0.29) is 61.8 Å². The third-order valence-electron chi connectivity index (χ3n) is 7.33. The van der Waals surface area contributed by atoms with E-state index in [9.17, 15) is 24.3 Å². The number of benzene rings is 1. The number of likely N-dealkylation sites (tertiary alicyclic amines) is 1. The van der Waals surface area contributed by atoms with Gasteiger partial charge in [0.05, 0.1) is 27.6 Å². The number of nitrogens with one attached hydrogen (secondary N) is 2. The number of hydrogen-bond donors (Lipinski definition) is 3. The zero-order valence-electron chi connectivity index (χ0n) is 22.3. The van der Waals surface area contributed by atoms with Gasteiger partial charge in [-0.05, 0) is 37.3 Å². The van der Waals surface area contributed by atoms with E-state index >= 15 is 0 Å². The van der Waals surface area contributed by atoms with Crippen molar-refractivity contribution in [3.05, 3.63) is 41.0 Å². The lowest BCUT2D eigenvalue weighted by Crippen LogP contribution is -2.57. The van der Waals surface area contributed by atoms with Crippen LogP contribution in [0.4, 0.5) is 0 Å². The number of aliphatic hydroxyl groups excluding tert-OH is 1. The number of Topliss-reactive ketones (excluding diaryl/α,β-unsaturated/α-hetero) is 1. The van der Waals surface area contributed by atoms with Gasteiger partial charge < -0.3 is 20.6 Å². The normalized spacial score (nSPS) is 21.2. The highest BCUT2D eigenvalue weighted by Crippen LogP contribution is 2.38. The van der Waals surface area contributed by atoms with Crippen molar-refractivity contribution in [2.45, 2.75) is 78.1 Å². The van der Waals surface area contributed by atoms with Crippen LogP contribution in [0.3, 0.4) is 0 Å². The molecule has 1 aliphatic heterocycles. The molecule has 3 amide bonds. The lowest BCUT2D eigenvalue weighted by molar-refractivity contribution is -0.149. The molecule has 3 unspecified atom stereocenters. The van der Waals surface area contributed by atoms with Crippen molar-refractivity contribution in [3.8, 4) is 10.4 Å². The highest BCUT2D eigenvalue weighted by molar-refractivity contribution is 7.13. The van der Waals surface area contributed by atoms with Gasteiger partial charge in [-0.1, -0.05) is 38.1 Å². The molecule has 1 aliphatic carbocycles. The number of carbonyl (C=O) groups is 4. The molecule has 10 heteroatoms. The minimum Gasteiger partial charge on any atom is -0.391 e. The van der Waals surface area contributed by atoms with E-state index in [1.54, 1.807) is 18.3 Å². The Morgan fingerprint density at radius 1 is 1.21 bits per heavy atom. The number of ketones is 1. The van der Waals surface area contributed by atoms with Crippen LogP contribution in [-0.2, 0) is 25.7 Å². The third-order valence-corrected chi connectivity index (χ3v) is 8.30. The first-order valence-corrected chi connectivity index (χ1v) is 13.9. The highest BCUT2D eigenvalue weighted by Gasteiger charge is 2.47. The number of β-amino-alcohol motifs (C(OH)–C–C–N with tert-alkyl or cyclic N) is 1. The Morgan fingerprint density at radius 2 is 1.89 bits per heavy atom. The van der Waals surface area contributed by atoms with E-state index in [0.29, 0.717) is 6.42 Å². The van der Waals surface area contributed by atoms with Crippen molar-refractivity contribution in [2.75, 3.05) is 6.54 Å². The van der Waals surface area contributed by atoms with Crippen LogP contribution in [0.1, 0.15) is 57.7 Å². The summed E-state index contributed by atoms with van der Waals surface area (Å²) in [6.07, 6.45) is 0.0322. The topological polar surface area (TPSA) is 129 Å². The number of aliphatic hydroxyl groups is 1. The molecule has 2 heterocycles. The molecule has 2 aromatic rings. The van der Waals surface area contributed by atoms with Crippen LogP contribution in [0.25, 0.3) is 10.4 Å². The van der Waals surface area contributed by atoms with Gasteiger partial charge in [-0.25, -0.2) is 4.98 Å². The second-order valence-electron chi connectivity index (χ2n) is 11.2. The molecule has 1 saturated carbocycles. The Hall–Kier alpha value is -3.11. The van der Waals surface area contributed by atoms with Crippen LogP contribution in [0.2, 0.25) is 0 Å². The molecule has 2 aliphatic rings. The summed E-state index contributed by atoms with van der Waals surface area (Å²) in [5.74, 6) is -0.918. The lowest BCUT2D eigenvalue weighted by atomic mass is 9.68. The maximum absolute atomic E-state index is 13.6. The SMILES string of the molecule is Cc1ncsc1-c1ccc(CNC(=O)C2CC(O)CN2C(=O)C(CC(C)C)NC(=O)C2(C)CC(=O)C2)cc1. The van der Waals surface area contributed by atoms with Gasteiger partial charge in [0.25, 0.3) is 0 Å². The number of hydrogen-bond acceptors (Lipinski definition) is 7. The summed E-state index contributed by atoms with van der Waals surface area (Å²) in [5, 5.41) is 16.1. The molecule has 3 atom stereocenters. The zero-order chi connectivity index (χ0) is 27.6. The molecular weight excluding hydrogens is 504 g/mol. The van der Waals surface area contributed by atoms with Crippen molar-refractivity contribution in [2.24, 2.45) is 11.3 Å². The first-order valence-electron chi connectivity index (χ1n) is 13.0. The maximum atomic E-state index is 13.6. The van der Waals surface area contributed by atoms with E-state index in [1.165, 1.54) is 4.90 Å². The van der Waals surface area contributed by atoms with Gasteiger partial charge in [-0.15, -0.1) is 11.3 Å². The van der Waals surface area contributed by atoms with Crippen LogP contribution >= 0.6 is 11.3 Å². The van der Waals surface area contributed by atoms with Crippen LogP contribution in [0.5, 0.6) is 0 Å². The average molecular weight is 541 g/mol. The van der Waals surface area contributed by atoms with Crippen molar-refractivity contribution in [1.82, 2.24) is 20.5 Å². The third kappa shape index (κ3) is 6.13. The van der Waals surface area contributed by atoms with Gasteiger partial charge >= 0.3 is 0 Å². The van der Waals surface area contributed by atoms with E-state index in [1.807, 2.05) is 50.5 Å². The monoisotopic (exact) mass is 540 g/mol. The molecule has 0 radical (unpaired) electrons. The predicted octanol–water partition coefficient (Wildman–Crippen LogP) is 2.60. The van der Waals surface area contributed by atoms with Gasteiger partial charge in [0.1, 0.15) is 17.9 Å². The number of rotatable bonds is 9. The van der Waals surface area contributed by atoms with Crippen molar-refractivity contribution >= 4 is 34.8 Å². The Bertz CT molecular complexity index is 1200. The molecule has 0 bridgehead atoms. The van der Waals surface area contributed by atoms with Gasteiger partial charge in [-0.2, -0.15) is 0 Å². The van der Waals surface area contributed by atoms with Crippen molar-refractivity contribution in [1.29, 1.82) is 0 Å². The minimum absolute atomic E-state index is 0.0278. The lowest BCUT2D eigenvalue weighted by Gasteiger charge is -2.37. The summed E-state index contributed by atoms with van der Waals surface area (Å²) in [5.41, 5.74) is 3.96. The molecule has 38 heavy (non-hydrogen) atoms. The molecule has 1 aromatic heterocycles. The minimum atomic E-state index is -0.835. The Morgan fingerprint density at radius 3 is 2.47 bits per heavy atom. The summed E-state index contributed by atoms with van der Waals surface area (Å²) in [6, 6.07) is 6.21. The van der Waals surface area contributed by atoms with E-state index in [0.717, 1.165) is 21.7 Å². The fourth-order valence-corrected chi connectivity index (χ4v) is 5.98. The molecule has 2 fully saturated rings. The van der Waals surface area contributed by atoms with Crippen molar-refractivity contribution < 1.29 is 24.3 Å². The average Bonchev–Trinajstić information content (AvgIpc) is 3.46. The number of aromatic nitrogens is 1. The van der Waals surface area contributed by atoms with Crippen LogP contribution in [0, 0.1) is 18.3 Å². The second-order valence-corrected chi connectivity index (χ2v) is 12.0. The van der Waals surface area contributed by atoms with Gasteiger partial charge in [0, 0.05) is 32.4 Å². The Balaban J connectivity index is 1.40. The van der Waals surface area contributed by atoms with Crippen LogP contribution < -0.4 is 10.6 Å². The standard InChI is InChI=1S/C28H36N4O5S/c1-16(2)9-22(31-27(37)28(4)11-21(34)12-28)26(36)32-14-20(33)10-23(32)25(35)29-13-18-5-7-19(8-6-18)24-17(3)30-15-38-24/h5-8,15-16,20,22-23,33H,9-14H2,1-4H3,(H,29,35)(H,31,37). The number of carbonyl (C=O) groups excluding carboxylic acids is 4. The molecule has 3 N–H and O–H groups in total. The molecule has 9 nitrogen and oxygen atoms in total. The first kappa shape index (κ1) is 27.9. The molecule has 1 saturated heterocycles. The molecule has 0 spiro atoms. The fourth-order valence-electron chi connectivity index (χ4n) is 5.17. The molecule has 1 aromatic carbocycles. The quantitative estimate of drug-likeness (QED) is 0.449. The van der Waals surface area contributed by atoms with Crippen LogP contribution in [0.15, 0.2) is 29.8 Å². The summed E-state index contributed by atoms with van der Waals surface area (Å²) in [6.45, 7) is 7.90. The molecular formula is C28H36N4O5S. The van der Waals surface area contributed by atoms with Crippen LogP contribution in [-0.4, -0.2) is 63.2 Å². The van der Waals surface area contributed by atoms with E-state index in [4.69, 9.17) is 0 Å². The van der Waals surface area contributed by atoms with Gasteiger partial charge in [-0.3, -0.25) is 19.2 Å². The molecule has 4 rings (SSSR count). The number of amides is 3. The molecule has 204 valence electrons. The van der Waals surface area contributed by atoms with Crippen molar-refractivity contribution in [3.63, 3.8) is 0 Å². The predicted molar refractivity (Wildman–Crippen MR) is 144 cm³/mol. The summed E-state index contributed by atoms with van der Waals surface area (Å²) >= 11 is 1.58. The number of thiazole rings is 1. The highest BCUT2D eigenvalue weighted by atomic mass is 32.1. The second kappa shape index (κ2) is 11.3. The first-order chi connectivity index (χ1) is 18.0. The smallest absolute Gasteiger partial charge is 0.245 e. The summed E-state index contributed by atoms with van der Waals surface area (Å²) in [7, 11) is 0. The van der Waals surface area contributed by atoms with E-state index < -0.39 is 23.6 Å².